The van der Waals surface area contributed by atoms with Gasteiger partial charge in [-0.05, 0) is 39.0 Å². The first-order valence-corrected chi connectivity index (χ1v) is 6.60. The summed E-state index contributed by atoms with van der Waals surface area (Å²) in [6, 6.07) is 7.83. The van der Waals surface area contributed by atoms with Gasteiger partial charge in [0.05, 0.1) is 0 Å². The quantitative estimate of drug-likeness (QED) is 0.838. The van der Waals surface area contributed by atoms with E-state index in [9.17, 15) is 4.79 Å². The first kappa shape index (κ1) is 14.8. The van der Waals surface area contributed by atoms with Gasteiger partial charge in [0.25, 0.3) is 0 Å². The van der Waals surface area contributed by atoms with E-state index >= 15 is 0 Å². The normalized spacial score (nSPS) is 10.9. The molecule has 0 atom stereocenters. The van der Waals surface area contributed by atoms with E-state index in [-0.39, 0.29) is 5.54 Å². The minimum atomic E-state index is -0.390. The molecule has 1 amide bonds. The Bertz CT molecular complexity index is 402. The maximum absolute atomic E-state index is 11.4. The minimum Gasteiger partial charge on any atom is -0.448 e. The van der Waals surface area contributed by atoms with Crippen molar-refractivity contribution in [3.63, 3.8) is 0 Å². The van der Waals surface area contributed by atoms with Crippen LogP contribution in [0.2, 0.25) is 0 Å². The largest absolute Gasteiger partial charge is 0.448 e. The molecule has 0 heterocycles. The highest BCUT2D eigenvalue weighted by molar-refractivity contribution is 9.10. The molecule has 1 aromatic rings. The molecule has 100 valence electrons. The van der Waals surface area contributed by atoms with Gasteiger partial charge in [0, 0.05) is 22.2 Å². The Labute approximate surface area is 116 Å². The highest BCUT2D eigenvalue weighted by atomic mass is 79.9. The van der Waals surface area contributed by atoms with Gasteiger partial charge in [0.15, 0.2) is 0 Å². The summed E-state index contributed by atoms with van der Waals surface area (Å²) >= 11 is 3.39. The van der Waals surface area contributed by atoms with Crippen molar-refractivity contribution in [2.24, 2.45) is 0 Å². The topological polar surface area (TPSA) is 50.4 Å². The summed E-state index contributed by atoms with van der Waals surface area (Å²) in [5, 5.41) is 5.90. The number of nitrogens with one attached hydrogen (secondary N) is 2. The zero-order valence-electron chi connectivity index (χ0n) is 10.9. The molecule has 0 unspecified atom stereocenters. The smallest absolute Gasteiger partial charge is 0.407 e. The van der Waals surface area contributed by atoms with E-state index < -0.39 is 6.09 Å². The van der Waals surface area contributed by atoms with E-state index in [2.05, 4.69) is 26.6 Å². The van der Waals surface area contributed by atoms with Crippen LogP contribution in [0.3, 0.4) is 0 Å². The van der Waals surface area contributed by atoms with Gasteiger partial charge in [-0.25, -0.2) is 4.79 Å². The summed E-state index contributed by atoms with van der Waals surface area (Å²) in [5.74, 6) is 0. The SMILES string of the molecule is CC(C)(C)NC(=O)OCCNc1cccc(Br)c1. The molecule has 1 rings (SSSR count). The molecule has 0 fully saturated rings. The number of benzene rings is 1. The fraction of sp³-hybridized carbons (Fsp3) is 0.462. The maximum atomic E-state index is 11.4. The molecular weight excluding hydrogens is 296 g/mol. The average molecular weight is 315 g/mol. The van der Waals surface area contributed by atoms with Crippen molar-refractivity contribution in [3.8, 4) is 0 Å². The van der Waals surface area contributed by atoms with E-state index in [4.69, 9.17) is 4.74 Å². The van der Waals surface area contributed by atoms with Crippen LogP contribution in [0, 0.1) is 0 Å². The zero-order valence-corrected chi connectivity index (χ0v) is 12.5. The number of amides is 1. The monoisotopic (exact) mass is 314 g/mol. The van der Waals surface area contributed by atoms with Crippen LogP contribution in [-0.4, -0.2) is 24.8 Å². The average Bonchev–Trinajstić information content (AvgIpc) is 2.22. The van der Waals surface area contributed by atoms with Crippen molar-refractivity contribution in [2.45, 2.75) is 26.3 Å². The molecule has 5 heteroatoms. The second-order valence-corrected chi connectivity index (χ2v) is 5.86. The van der Waals surface area contributed by atoms with E-state index in [1.807, 2.05) is 45.0 Å². The van der Waals surface area contributed by atoms with Gasteiger partial charge in [-0.1, -0.05) is 22.0 Å². The molecule has 0 saturated heterocycles. The Morgan fingerprint density at radius 2 is 2.11 bits per heavy atom. The van der Waals surface area contributed by atoms with Gasteiger partial charge < -0.3 is 15.4 Å². The molecule has 0 radical (unpaired) electrons. The lowest BCUT2D eigenvalue weighted by Gasteiger charge is -2.20. The number of ether oxygens (including phenoxy) is 1. The van der Waals surface area contributed by atoms with Crippen molar-refractivity contribution >= 4 is 27.7 Å². The van der Waals surface area contributed by atoms with Crippen LogP contribution in [0.5, 0.6) is 0 Å². The Hall–Kier alpha value is -1.23. The van der Waals surface area contributed by atoms with Crippen LogP contribution in [0.4, 0.5) is 10.5 Å². The lowest BCUT2D eigenvalue weighted by Crippen LogP contribution is -2.41. The number of hydrogen-bond acceptors (Lipinski definition) is 3. The van der Waals surface area contributed by atoms with Gasteiger partial charge in [-0.15, -0.1) is 0 Å². The van der Waals surface area contributed by atoms with Gasteiger partial charge >= 0.3 is 6.09 Å². The molecule has 0 saturated carbocycles. The van der Waals surface area contributed by atoms with Crippen LogP contribution in [-0.2, 0) is 4.74 Å². The number of halogens is 1. The van der Waals surface area contributed by atoms with Gasteiger partial charge in [0.2, 0.25) is 0 Å². The zero-order chi connectivity index (χ0) is 13.6. The number of carbonyl (C=O) groups excluding carboxylic acids is 1. The first-order chi connectivity index (χ1) is 8.37. The molecule has 0 aromatic heterocycles. The van der Waals surface area contributed by atoms with E-state index in [0.717, 1.165) is 10.2 Å². The van der Waals surface area contributed by atoms with Crippen molar-refractivity contribution in [3.05, 3.63) is 28.7 Å². The summed E-state index contributed by atoms with van der Waals surface area (Å²) in [6.45, 7) is 6.64. The minimum absolute atomic E-state index is 0.269. The van der Waals surface area contributed by atoms with Gasteiger partial charge in [0.1, 0.15) is 6.61 Å². The van der Waals surface area contributed by atoms with Crippen molar-refractivity contribution < 1.29 is 9.53 Å². The fourth-order valence-electron chi connectivity index (χ4n) is 1.28. The van der Waals surface area contributed by atoms with Crippen molar-refractivity contribution in [2.75, 3.05) is 18.5 Å². The second-order valence-electron chi connectivity index (χ2n) is 4.95. The molecule has 2 N–H and O–H groups in total. The predicted molar refractivity (Wildman–Crippen MR) is 76.9 cm³/mol. The van der Waals surface area contributed by atoms with Crippen LogP contribution in [0.1, 0.15) is 20.8 Å². The third-order valence-electron chi connectivity index (χ3n) is 1.97. The number of rotatable bonds is 4. The van der Waals surface area contributed by atoms with E-state index in [0.29, 0.717) is 13.2 Å². The maximum Gasteiger partial charge on any atom is 0.407 e. The number of carbonyl (C=O) groups is 1. The Morgan fingerprint density at radius 3 is 2.72 bits per heavy atom. The van der Waals surface area contributed by atoms with Crippen molar-refractivity contribution in [1.29, 1.82) is 0 Å². The second kappa shape index (κ2) is 6.64. The van der Waals surface area contributed by atoms with E-state index in [1.54, 1.807) is 0 Å². The number of alkyl carbamates (subject to hydrolysis) is 1. The van der Waals surface area contributed by atoms with E-state index in [1.165, 1.54) is 0 Å². The molecule has 0 aliphatic heterocycles. The summed E-state index contributed by atoms with van der Waals surface area (Å²) in [6.07, 6.45) is -0.390. The first-order valence-electron chi connectivity index (χ1n) is 5.81. The fourth-order valence-corrected chi connectivity index (χ4v) is 1.68. The predicted octanol–water partition coefficient (Wildman–Crippen LogP) is 3.39. The lowest BCUT2D eigenvalue weighted by atomic mass is 10.1. The van der Waals surface area contributed by atoms with Crippen LogP contribution in [0.15, 0.2) is 28.7 Å². The molecule has 0 spiro atoms. The Balaban J connectivity index is 2.21. The Morgan fingerprint density at radius 1 is 1.39 bits per heavy atom. The highest BCUT2D eigenvalue weighted by Gasteiger charge is 2.13. The van der Waals surface area contributed by atoms with Crippen LogP contribution in [0.25, 0.3) is 0 Å². The molecule has 18 heavy (non-hydrogen) atoms. The molecule has 0 bridgehead atoms. The molecule has 4 nitrogen and oxygen atoms in total. The number of anilines is 1. The summed E-state index contributed by atoms with van der Waals surface area (Å²) < 4.78 is 6.06. The molecule has 1 aromatic carbocycles. The van der Waals surface area contributed by atoms with Crippen molar-refractivity contribution in [1.82, 2.24) is 5.32 Å². The third-order valence-corrected chi connectivity index (χ3v) is 2.46. The van der Waals surface area contributed by atoms with Gasteiger partial charge in [-0.2, -0.15) is 0 Å². The van der Waals surface area contributed by atoms with Crippen LogP contribution >= 0.6 is 15.9 Å². The summed E-state index contributed by atoms with van der Waals surface area (Å²) in [4.78, 5) is 11.4. The lowest BCUT2D eigenvalue weighted by molar-refractivity contribution is 0.142. The van der Waals surface area contributed by atoms with Crippen LogP contribution < -0.4 is 10.6 Å². The summed E-state index contributed by atoms with van der Waals surface area (Å²) in [7, 11) is 0. The summed E-state index contributed by atoms with van der Waals surface area (Å²) in [5.41, 5.74) is 0.721. The molecular formula is C13H19BrN2O2. The number of hydrogen-bond donors (Lipinski definition) is 2. The Kier molecular flexibility index (Phi) is 5.47. The third kappa shape index (κ3) is 6.49. The highest BCUT2D eigenvalue weighted by Crippen LogP contribution is 2.15. The van der Waals surface area contributed by atoms with Gasteiger partial charge in [-0.3, -0.25) is 0 Å². The molecule has 0 aliphatic carbocycles. The molecule has 0 aliphatic rings. The standard InChI is InChI=1S/C13H19BrN2O2/c1-13(2,3)16-12(17)18-8-7-15-11-6-4-5-10(14)9-11/h4-6,9,15H,7-8H2,1-3H3,(H,16,17).